The van der Waals surface area contributed by atoms with E-state index in [0.29, 0.717) is 0 Å². The Morgan fingerprint density at radius 3 is 2.57 bits per heavy atom. The molecule has 0 saturated heterocycles. The van der Waals surface area contributed by atoms with Crippen molar-refractivity contribution in [3.63, 3.8) is 0 Å². The molecule has 1 aliphatic rings. The largest absolute Gasteiger partial charge is 0.454 e. The lowest BCUT2D eigenvalue weighted by molar-refractivity contribution is 0.174. The van der Waals surface area contributed by atoms with Crippen molar-refractivity contribution in [1.29, 1.82) is 0 Å². The van der Waals surface area contributed by atoms with Crippen LogP contribution in [0.3, 0.4) is 0 Å². The molecule has 2 atom stereocenters. The number of nitrogens with one attached hydrogen (secondary N) is 1. The zero-order valence-electron chi connectivity index (χ0n) is 12.9. The predicted molar refractivity (Wildman–Crippen MR) is 89.5 cm³/mol. The Morgan fingerprint density at radius 1 is 1.04 bits per heavy atom. The van der Waals surface area contributed by atoms with Gasteiger partial charge in [0.15, 0.2) is 11.5 Å². The zero-order valence-corrected chi connectivity index (χ0v) is 12.9. The maximum atomic E-state index is 9.77. The van der Waals surface area contributed by atoms with E-state index in [-0.39, 0.29) is 25.5 Å². The van der Waals surface area contributed by atoms with Gasteiger partial charge in [0.2, 0.25) is 6.79 Å². The van der Waals surface area contributed by atoms with Crippen LogP contribution in [0.2, 0.25) is 0 Å². The van der Waals surface area contributed by atoms with E-state index >= 15 is 0 Å². The predicted octanol–water partition coefficient (Wildman–Crippen LogP) is 3.36. The monoisotopic (exact) mass is 311 g/mol. The molecular formula is C19H21NO3. The van der Waals surface area contributed by atoms with E-state index in [0.717, 1.165) is 29.0 Å². The Hall–Kier alpha value is -2.30. The summed E-state index contributed by atoms with van der Waals surface area (Å²) in [6.45, 7) is 4.14. The third-order valence-corrected chi connectivity index (χ3v) is 3.99. The highest BCUT2D eigenvalue weighted by molar-refractivity contribution is 5.45. The fourth-order valence-corrected chi connectivity index (χ4v) is 2.78. The van der Waals surface area contributed by atoms with Gasteiger partial charge in [-0.05, 0) is 29.7 Å². The number of rotatable bonds is 7. The summed E-state index contributed by atoms with van der Waals surface area (Å²) < 4.78 is 10.8. The van der Waals surface area contributed by atoms with E-state index in [2.05, 4.69) is 11.9 Å². The molecule has 4 heteroatoms. The van der Waals surface area contributed by atoms with Crippen LogP contribution < -0.4 is 14.8 Å². The van der Waals surface area contributed by atoms with Gasteiger partial charge in [-0.15, -0.1) is 6.58 Å². The fraction of sp³-hybridized carbons (Fsp3) is 0.263. The topological polar surface area (TPSA) is 50.7 Å². The highest BCUT2D eigenvalue weighted by Gasteiger charge is 2.20. The SMILES string of the molecule is C=CCC(NC(CO)c1ccccc1)c1ccc2c(c1)OCO2. The number of hydrogen-bond acceptors (Lipinski definition) is 4. The van der Waals surface area contributed by atoms with E-state index in [1.807, 2.05) is 54.6 Å². The molecule has 1 heterocycles. The first kappa shape index (κ1) is 15.6. The normalized spacial score (nSPS) is 15.2. The molecular weight excluding hydrogens is 290 g/mol. The first-order chi connectivity index (χ1) is 11.3. The summed E-state index contributed by atoms with van der Waals surface area (Å²) in [6.07, 6.45) is 2.63. The van der Waals surface area contributed by atoms with Gasteiger partial charge in [-0.1, -0.05) is 42.5 Å². The number of aliphatic hydroxyl groups is 1. The molecule has 1 aliphatic heterocycles. The van der Waals surface area contributed by atoms with Gasteiger partial charge in [0.05, 0.1) is 12.6 Å². The number of ether oxygens (including phenoxy) is 2. The van der Waals surface area contributed by atoms with Crippen molar-refractivity contribution in [2.75, 3.05) is 13.4 Å². The van der Waals surface area contributed by atoms with Gasteiger partial charge >= 0.3 is 0 Å². The summed E-state index contributed by atoms with van der Waals surface area (Å²) >= 11 is 0. The smallest absolute Gasteiger partial charge is 0.231 e. The van der Waals surface area contributed by atoms with Crippen molar-refractivity contribution in [2.45, 2.75) is 18.5 Å². The molecule has 3 rings (SSSR count). The molecule has 120 valence electrons. The van der Waals surface area contributed by atoms with Crippen LogP contribution in [0, 0.1) is 0 Å². The van der Waals surface area contributed by atoms with Crippen LogP contribution in [0.25, 0.3) is 0 Å². The molecule has 0 amide bonds. The molecule has 2 N–H and O–H groups in total. The molecule has 0 bridgehead atoms. The highest BCUT2D eigenvalue weighted by atomic mass is 16.7. The minimum Gasteiger partial charge on any atom is -0.454 e. The quantitative estimate of drug-likeness (QED) is 0.770. The first-order valence-electron chi connectivity index (χ1n) is 7.74. The number of aliphatic hydroxyl groups excluding tert-OH is 1. The van der Waals surface area contributed by atoms with Crippen LogP contribution >= 0.6 is 0 Å². The van der Waals surface area contributed by atoms with Gasteiger partial charge in [0.1, 0.15) is 0 Å². The second kappa shape index (κ2) is 7.31. The third-order valence-electron chi connectivity index (χ3n) is 3.99. The van der Waals surface area contributed by atoms with Crippen molar-refractivity contribution >= 4 is 0 Å². The maximum absolute atomic E-state index is 9.77. The van der Waals surface area contributed by atoms with Crippen molar-refractivity contribution in [3.8, 4) is 11.5 Å². The van der Waals surface area contributed by atoms with Gasteiger partial charge in [0.25, 0.3) is 0 Å². The summed E-state index contributed by atoms with van der Waals surface area (Å²) in [4.78, 5) is 0. The minimum atomic E-state index is -0.133. The molecule has 23 heavy (non-hydrogen) atoms. The fourth-order valence-electron chi connectivity index (χ4n) is 2.78. The van der Waals surface area contributed by atoms with Crippen LogP contribution in [0.4, 0.5) is 0 Å². The second-order valence-corrected chi connectivity index (χ2v) is 5.50. The summed E-state index contributed by atoms with van der Waals surface area (Å²) in [5.74, 6) is 1.53. The van der Waals surface area contributed by atoms with Crippen molar-refractivity contribution < 1.29 is 14.6 Å². The second-order valence-electron chi connectivity index (χ2n) is 5.50. The van der Waals surface area contributed by atoms with Crippen molar-refractivity contribution in [3.05, 3.63) is 72.3 Å². The Bertz CT molecular complexity index is 657. The molecule has 0 fully saturated rings. The van der Waals surface area contributed by atoms with Crippen LogP contribution in [-0.4, -0.2) is 18.5 Å². The van der Waals surface area contributed by atoms with Crippen LogP contribution in [-0.2, 0) is 0 Å². The molecule has 4 nitrogen and oxygen atoms in total. The first-order valence-corrected chi connectivity index (χ1v) is 7.74. The van der Waals surface area contributed by atoms with E-state index in [9.17, 15) is 5.11 Å². The Kier molecular flexibility index (Phi) is 4.95. The number of hydrogen-bond donors (Lipinski definition) is 2. The Morgan fingerprint density at radius 2 is 1.83 bits per heavy atom. The number of benzene rings is 2. The third kappa shape index (κ3) is 3.55. The average molecular weight is 311 g/mol. The van der Waals surface area contributed by atoms with E-state index in [1.165, 1.54) is 0 Å². The lowest BCUT2D eigenvalue weighted by atomic mass is 10.00. The van der Waals surface area contributed by atoms with Crippen LogP contribution in [0.5, 0.6) is 11.5 Å². The molecule has 2 aromatic rings. The van der Waals surface area contributed by atoms with Gasteiger partial charge in [-0.2, -0.15) is 0 Å². The van der Waals surface area contributed by atoms with E-state index < -0.39 is 0 Å². The average Bonchev–Trinajstić information content (AvgIpc) is 3.07. The molecule has 0 radical (unpaired) electrons. The molecule has 2 aromatic carbocycles. The van der Waals surface area contributed by atoms with E-state index in [1.54, 1.807) is 0 Å². The summed E-state index contributed by atoms with van der Waals surface area (Å²) in [7, 11) is 0. The number of fused-ring (bicyclic) bond motifs is 1. The lowest BCUT2D eigenvalue weighted by Gasteiger charge is -2.25. The van der Waals surface area contributed by atoms with Gasteiger partial charge in [-0.25, -0.2) is 0 Å². The standard InChI is InChI=1S/C19H21NO3/c1-2-6-16(15-9-10-18-19(11-15)23-13-22-18)20-17(12-21)14-7-4-3-5-8-14/h2-5,7-11,16-17,20-21H,1,6,12-13H2. The minimum absolute atomic E-state index is 0.0300. The Labute approximate surface area is 136 Å². The summed E-state index contributed by atoms with van der Waals surface area (Å²) in [6, 6.07) is 15.8. The summed E-state index contributed by atoms with van der Waals surface area (Å²) in [5.41, 5.74) is 2.15. The van der Waals surface area contributed by atoms with Gasteiger partial charge in [-0.3, -0.25) is 0 Å². The molecule has 0 aromatic heterocycles. The highest BCUT2D eigenvalue weighted by Crippen LogP contribution is 2.35. The summed E-state index contributed by atoms with van der Waals surface area (Å²) in [5, 5.41) is 13.3. The lowest BCUT2D eigenvalue weighted by Crippen LogP contribution is -2.28. The van der Waals surface area contributed by atoms with E-state index in [4.69, 9.17) is 9.47 Å². The van der Waals surface area contributed by atoms with Crippen LogP contribution in [0.1, 0.15) is 29.6 Å². The molecule has 0 aliphatic carbocycles. The molecule has 2 unspecified atom stereocenters. The van der Waals surface area contributed by atoms with Gasteiger partial charge in [0, 0.05) is 6.04 Å². The maximum Gasteiger partial charge on any atom is 0.231 e. The van der Waals surface area contributed by atoms with Gasteiger partial charge < -0.3 is 19.9 Å². The molecule has 0 spiro atoms. The van der Waals surface area contributed by atoms with Crippen LogP contribution in [0.15, 0.2) is 61.2 Å². The molecule has 0 saturated carbocycles. The van der Waals surface area contributed by atoms with Crippen molar-refractivity contribution in [2.24, 2.45) is 0 Å². The Balaban J connectivity index is 1.82. The van der Waals surface area contributed by atoms with Crippen molar-refractivity contribution in [1.82, 2.24) is 5.32 Å². The zero-order chi connectivity index (χ0) is 16.1.